The number of halogens is 1. The van der Waals surface area contributed by atoms with Gasteiger partial charge in [-0.25, -0.2) is 4.98 Å². The molecular weight excluding hydrogens is 372 g/mol. The van der Waals surface area contributed by atoms with Crippen molar-refractivity contribution < 1.29 is 9.53 Å². The van der Waals surface area contributed by atoms with Gasteiger partial charge in [-0.15, -0.1) is 0 Å². The second kappa shape index (κ2) is 8.19. The first-order valence-electron chi connectivity index (χ1n) is 9.78. The highest BCUT2D eigenvalue weighted by Gasteiger charge is 2.19. The third-order valence-electron chi connectivity index (χ3n) is 5.08. The Morgan fingerprint density at radius 1 is 1.11 bits per heavy atom. The molecule has 1 fully saturated rings. The molecule has 5 heteroatoms. The van der Waals surface area contributed by atoms with Gasteiger partial charge in [0.15, 0.2) is 0 Å². The summed E-state index contributed by atoms with van der Waals surface area (Å²) in [6.45, 7) is 4.16. The van der Waals surface area contributed by atoms with Crippen LogP contribution in [0.1, 0.15) is 36.5 Å². The molecule has 0 radical (unpaired) electrons. The molecule has 0 saturated carbocycles. The Kier molecular flexibility index (Phi) is 5.49. The zero-order valence-electron chi connectivity index (χ0n) is 16.0. The van der Waals surface area contributed by atoms with Crippen molar-refractivity contribution in [2.45, 2.75) is 26.2 Å². The van der Waals surface area contributed by atoms with Crippen LogP contribution in [0.25, 0.3) is 22.2 Å². The van der Waals surface area contributed by atoms with Crippen molar-refractivity contribution in [2.24, 2.45) is 0 Å². The first-order chi connectivity index (χ1) is 13.7. The molecule has 0 aliphatic carbocycles. The van der Waals surface area contributed by atoms with Crippen LogP contribution in [0.3, 0.4) is 0 Å². The molecule has 3 aromatic rings. The van der Waals surface area contributed by atoms with Gasteiger partial charge in [-0.1, -0.05) is 23.7 Å². The largest absolute Gasteiger partial charge is 0.493 e. The Bertz CT molecular complexity index is 1010. The van der Waals surface area contributed by atoms with E-state index in [1.54, 1.807) is 0 Å². The van der Waals surface area contributed by atoms with Crippen molar-refractivity contribution in [3.8, 4) is 17.0 Å². The Labute approximate surface area is 170 Å². The topological polar surface area (TPSA) is 42.4 Å². The SMILES string of the molecule is CCOc1cc(-c2cccc(Cl)c2)nc2ccc(C(=O)N3CCCCC3)cc12. The highest BCUT2D eigenvalue weighted by molar-refractivity contribution is 6.30. The molecular formula is C23H23ClN2O2. The molecule has 1 aromatic heterocycles. The van der Waals surface area contributed by atoms with E-state index < -0.39 is 0 Å². The predicted molar refractivity (Wildman–Crippen MR) is 113 cm³/mol. The molecule has 0 N–H and O–H groups in total. The molecule has 0 unspecified atom stereocenters. The lowest BCUT2D eigenvalue weighted by atomic mass is 10.0. The normalized spacial score (nSPS) is 14.3. The summed E-state index contributed by atoms with van der Waals surface area (Å²) in [5.74, 6) is 0.818. The Balaban J connectivity index is 1.76. The Morgan fingerprint density at radius 3 is 2.68 bits per heavy atom. The van der Waals surface area contributed by atoms with Gasteiger partial charge >= 0.3 is 0 Å². The second-order valence-electron chi connectivity index (χ2n) is 7.03. The fourth-order valence-electron chi connectivity index (χ4n) is 3.68. The van der Waals surface area contributed by atoms with Gasteiger partial charge in [-0.05, 0) is 56.5 Å². The number of ether oxygens (including phenoxy) is 1. The lowest BCUT2D eigenvalue weighted by molar-refractivity contribution is 0.0724. The maximum Gasteiger partial charge on any atom is 0.253 e. The monoisotopic (exact) mass is 394 g/mol. The molecule has 144 valence electrons. The van der Waals surface area contributed by atoms with Gasteiger partial charge in [0.25, 0.3) is 5.91 Å². The summed E-state index contributed by atoms with van der Waals surface area (Å²) in [7, 11) is 0. The number of nitrogens with zero attached hydrogens (tertiary/aromatic N) is 2. The van der Waals surface area contributed by atoms with Crippen molar-refractivity contribution in [2.75, 3.05) is 19.7 Å². The summed E-state index contributed by atoms with van der Waals surface area (Å²) in [6.07, 6.45) is 3.36. The van der Waals surface area contributed by atoms with Crippen LogP contribution in [0, 0.1) is 0 Å². The van der Waals surface area contributed by atoms with E-state index in [1.807, 2.05) is 60.4 Å². The number of fused-ring (bicyclic) bond motifs is 1. The molecule has 1 saturated heterocycles. The molecule has 2 aromatic carbocycles. The number of hydrogen-bond donors (Lipinski definition) is 0. The van der Waals surface area contributed by atoms with E-state index in [9.17, 15) is 4.79 Å². The molecule has 1 aliphatic heterocycles. The zero-order chi connectivity index (χ0) is 19.5. The summed E-state index contributed by atoms with van der Waals surface area (Å²) in [4.78, 5) is 19.6. The molecule has 0 spiro atoms. The van der Waals surface area contributed by atoms with Crippen molar-refractivity contribution >= 4 is 28.4 Å². The van der Waals surface area contributed by atoms with Crippen LogP contribution in [0.4, 0.5) is 0 Å². The summed E-state index contributed by atoms with van der Waals surface area (Å²) in [5, 5.41) is 1.52. The van der Waals surface area contributed by atoms with E-state index in [1.165, 1.54) is 6.42 Å². The Hall–Kier alpha value is -2.59. The predicted octanol–water partition coefficient (Wildman–Crippen LogP) is 5.58. The lowest BCUT2D eigenvalue weighted by Crippen LogP contribution is -2.35. The Morgan fingerprint density at radius 2 is 1.93 bits per heavy atom. The first kappa shape index (κ1) is 18.8. The summed E-state index contributed by atoms with van der Waals surface area (Å²) in [6, 6.07) is 15.2. The van der Waals surface area contributed by atoms with Crippen molar-refractivity contribution in [1.29, 1.82) is 0 Å². The van der Waals surface area contributed by atoms with Crippen LogP contribution in [-0.4, -0.2) is 35.5 Å². The van der Waals surface area contributed by atoms with Gasteiger partial charge in [0.1, 0.15) is 5.75 Å². The zero-order valence-corrected chi connectivity index (χ0v) is 16.7. The van der Waals surface area contributed by atoms with Gasteiger partial charge in [0, 0.05) is 40.7 Å². The number of piperidine rings is 1. The van der Waals surface area contributed by atoms with Crippen molar-refractivity contribution in [3.05, 3.63) is 59.1 Å². The van der Waals surface area contributed by atoms with Crippen LogP contribution >= 0.6 is 11.6 Å². The standard InChI is InChI=1S/C23H23ClN2O2/c1-2-28-22-15-21(16-7-6-8-18(24)13-16)25-20-10-9-17(14-19(20)22)23(27)26-11-4-3-5-12-26/h6-10,13-15H,2-5,11-12H2,1H3. The lowest BCUT2D eigenvalue weighted by Gasteiger charge is -2.26. The van der Waals surface area contributed by atoms with E-state index in [0.717, 1.165) is 53.8 Å². The molecule has 1 amide bonds. The quantitative estimate of drug-likeness (QED) is 0.580. The highest BCUT2D eigenvalue weighted by atomic mass is 35.5. The van der Waals surface area contributed by atoms with Gasteiger partial charge in [-0.3, -0.25) is 4.79 Å². The second-order valence-corrected chi connectivity index (χ2v) is 7.47. The number of aromatic nitrogens is 1. The van der Waals surface area contributed by atoms with Crippen LogP contribution in [0.15, 0.2) is 48.5 Å². The van der Waals surface area contributed by atoms with E-state index in [-0.39, 0.29) is 5.91 Å². The smallest absolute Gasteiger partial charge is 0.253 e. The maximum absolute atomic E-state index is 12.9. The molecule has 28 heavy (non-hydrogen) atoms. The number of benzene rings is 2. The first-order valence-corrected chi connectivity index (χ1v) is 10.2. The minimum absolute atomic E-state index is 0.0861. The summed E-state index contributed by atoms with van der Waals surface area (Å²) >= 11 is 6.14. The van der Waals surface area contributed by atoms with Crippen molar-refractivity contribution in [1.82, 2.24) is 9.88 Å². The van der Waals surface area contributed by atoms with Gasteiger partial charge in [-0.2, -0.15) is 0 Å². The molecule has 0 bridgehead atoms. The molecule has 2 heterocycles. The highest BCUT2D eigenvalue weighted by Crippen LogP contribution is 2.32. The fraction of sp³-hybridized carbons (Fsp3) is 0.304. The maximum atomic E-state index is 12.9. The summed E-state index contributed by atoms with van der Waals surface area (Å²) < 4.78 is 5.89. The third kappa shape index (κ3) is 3.83. The van der Waals surface area contributed by atoms with Crippen molar-refractivity contribution in [3.63, 3.8) is 0 Å². The number of amides is 1. The van der Waals surface area contributed by atoms with Gasteiger partial charge < -0.3 is 9.64 Å². The number of carbonyl (C=O) groups excluding carboxylic acids is 1. The van der Waals surface area contributed by atoms with E-state index in [4.69, 9.17) is 21.3 Å². The minimum atomic E-state index is 0.0861. The molecule has 1 aliphatic rings. The fourth-order valence-corrected chi connectivity index (χ4v) is 3.87. The van der Waals surface area contributed by atoms with E-state index in [2.05, 4.69) is 0 Å². The number of pyridine rings is 1. The van der Waals surface area contributed by atoms with Crippen LogP contribution < -0.4 is 4.74 Å². The van der Waals surface area contributed by atoms with Gasteiger partial charge in [0.05, 0.1) is 17.8 Å². The number of carbonyl (C=O) groups is 1. The minimum Gasteiger partial charge on any atom is -0.493 e. The average molecular weight is 395 g/mol. The summed E-state index contributed by atoms with van der Waals surface area (Å²) in [5.41, 5.74) is 3.22. The van der Waals surface area contributed by atoms with Gasteiger partial charge in [0.2, 0.25) is 0 Å². The molecule has 4 rings (SSSR count). The third-order valence-corrected chi connectivity index (χ3v) is 5.32. The number of hydrogen-bond acceptors (Lipinski definition) is 3. The van der Waals surface area contributed by atoms with E-state index >= 15 is 0 Å². The number of likely N-dealkylation sites (tertiary alicyclic amines) is 1. The van der Waals surface area contributed by atoms with Crippen LogP contribution in [-0.2, 0) is 0 Å². The molecule has 4 nitrogen and oxygen atoms in total. The molecule has 0 atom stereocenters. The van der Waals surface area contributed by atoms with Crippen LogP contribution in [0.5, 0.6) is 5.75 Å². The van der Waals surface area contributed by atoms with E-state index in [0.29, 0.717) is 17.2 Å². The number of rotatable bonds is 4. The van der Waals surface area contributed by atoms with Crippen LogP contribution in [0.2, 0.25) is 5.02 Å². The average Bonchev–Trinajstić information content (AvgIpc) is 2.73.